The lowest BCUT2D eigenvalue weighted by Gasteiger charge is -2.22. The molecule has 0 spiro atoms. The van der Waals surface area contributed by atoms with Crippen molar-refractivity contribution in [1.82, 2.24) is 5.32 Å². The van der Waals surface area contributed by atoms with Crippen molar-refractivity contribution in [3.63, 3.8) is 0 Å². The fraction of sp³-hybridized carbons (Fsp3) is 0.391. The number of hydrogen-bond acceptors (Lipinski definition) is 4. The number of rotatable bonds is 7. The van der Waals surface area contributed by atoms with Crippen molar-refractivity contribution in [2.75, 3.05) is 35.2 Å². The second kappa shape index (κ2) is 9.07. The van der Waals surface area contributed by atoms with Gasteiger partial charge in [-0.1, -0.05) is 0 Å². The average molecular weight is 409 g/mol. The van der Waals surface area contributed by atoms with Crippen molar-refractivity contribution < 1.29 is 14.3 Å². The lowest BCUT2D eigenvalue weighted by Crippen LogP contribution is -2.29. The van der Waals surface area contributed by atoms with Gasteiger partial charge < -0.3 is 25.6 Å². The molecule has 0 aromatic heterocycles. The maximum Gasteiger partial charge on any atom is 0.323 e. The van der Waals surface area contributed by atoms with Crippen LogP contribution in [0.5, 0.6) is 5.75 Å². The van der Waals surface area contributed by atoms with Crippen LogP contribution in [0.3, 0.4) is 0 Å². The van der Waals surface area contributed by atoms with Crippen molar-refractivity contribution in [1.29, 1.82) is 0 Å². The van der Waals surface area contributed by atoms with E-state index in [0.717, 1.165) is 50.2 Å². The van der Waals surface area contributed by atoms with Crippen LogP contribution in [-0.2, 0) is 0 Å². The Bertz CT molecular complexity index is 903. The Balaban J connectivity index is 1.46. The lowest BCUT2D eigenvalue weighted by atomic mass is 10.1. The molecular formula is C23H28N4O3. The first-order valence-electron chi connectivity index (χ1n) is 10.6. The van der Waals surface area contributed by atoms with E-state index in [9.17, 15) is 9.59 Å². The first-order valence-corrected chi connectivity index (χ1v) is 10.6. The van der Waals surface area contributed by atoms with Crippen molar-refractivity contribution in [3.8, 4) is 5.75 Å². The van der Waals surface area contributed by atoms with Crippen LogP contribution in [-0.4, -0.2) is 37.7 Å². The minimum absolute atomic E-state index is 0.0741. The monoisotopic (exact) mass is 408 g/mol. The number of hydrogen-bond donors (Lipinski definition) is 3. The zero-order valence-corrected chi connectivity index (χ0v) is 17.2. The van der Waals surface area contributed by atoms with Crippen molar-refractivity contribution >= 4 is 29.0 Å². The summed E-state index contributed by atoms with van der Waals surface area (Å²) in [6, 6.07) is 12.7. The third-order valence-electron chi connectivity index (χ3n) is 5.28. The predicted octanol–water partition coefficient (Wildman–Crippen LogP) is 4.22. The van der Waals surface area contributed by atoms with E-state index in [2.05, 4.69) is 20.9 Å². The van der Waals surface area contributed by atoms with Gasteiger partial charge in [0.1, 0.15) is 5.75 Å². The quantitative estimate of drug-likeness (QED) is 0.641. The van der Waals surface area contributed by atoms with E-state index in [1.807, 2.05) is 31.2 Å². The van der Waals surface area contributed by atoms with Gasteiger partial charge in [-0.2, -0.15) is 0 Å². The van der Waals surface area contributed by atoms with E-state index < -0.39 is 0 Å². The minimum atomic E-state index is -0.360. The molecule has 4 rings (SSSR count). The van der Waals surface area contributed by atoms with E-state index in [-0.39, 0.29) is 18.0 Å². The summed E-state index contributed by atoms with van der Waals surface area (Å²) in [7, 11) is 0. The van der Waals surface area contributed by atoms with Gasteiger partial charge in [0.25, 0.3) is 5.91 Å². The van der Waals surface area contributed by atoms with Gasteiger partial charge in [-0.25, -0.2) is 4.79 Å². The molecule has 2 aromatic carbocycles. The van der Waals surface area contributed by atoms with Crippen molar-refractivity contribution in [2.45, 2.75) is 38.6 Å². The predicted molar refractivity (Wildman–Crippen MR) is 119 cm³/mol. The van der Waals surface area contributed by atoms with Crippen LogP contribution in [0, 0.1) is 0 Å². The highest BCUT2D eigenvalue weighted by Gasteiger charge is 2.26. The summed E-state index contributed by atoms with van der Waals surface area (Å²) in [5.41, 5.74) is 2.80. The van der Waals surface area contributed by atoms with Gasteiger partial charge in [-0.3, -0.25) is 4.79 Å². The molecule has 3 amide bonds. The number of carbonyl (C=O) groups is 2. The largest absolute Gasteiger partial charge is 0.494 e. The topological polar surface area (TPSA) is 82.7 Å². The van der Waals surface area contributed by atoms with E-state index in [1.54, 1.807) is 18.2 Å². The van der Waals surface area contributed by atoms with Gasteiger partial charge in [0, 0.05) is 36.2 Å². The molecule has 1 saturated carbocycles. The lowest BCUT2D eigenvalue weighted by molar-refractivity contribution is 0.0951. The van der Waals surface area contributed by atoms with Crippen LogP contribution in [0.4, 0.5) is 21.9 Å². The Morgan fingerprint density at radius 1 is 1.00 bits per heavy atom. The number of urea groups is 1. The van der Waals surface area contributed by atoms with Crippen LogP contribution < -0.4 is 25.6 Å². The smallest absolute Gasteiger partial charge is 0.323 e. The molecule has 0 unspecified atom stereocenters. The summed E-state index contributed by atoms with van der Waals surface area (Å²) < 4.78 is 5.41. The number of benzene rings is 2. The first-order chi connectivity index (χ1) is 14.6. The Morgan fingerprint density at radius 2 is 1.67 bits per heavy atom. The summed E-state index contributed by atoms with van der Waals surface area (Å²) in [4.78, 5) is 27.5. The normalized spacial score (nSPS) is 15.6. The fourth-order valence-electron chi connectivity index (χ4n) is 3.61. The first kappa shape index (κ1) is 20.1. The van der Waals surface area contributed by atoms with E-state index in [4.69, 9.17) is 4.74 Å². The van der Waals surface area contributed by atoms with Gasteiger partial charge in [-0.05, 0) is 75.1 Å². The van der Waals surface area contributed by atoms with Crippen molar-refractivity contribution in [3.05, 3.63) is 48.0 Å². The van der Waals surface area contributed by atoms with E-state index in [0.29, 0.717) is 23.5 Å². The average Bonchev–Trinajstić information content (AvgIpc) is 3.38. The molecule has 0 bridgehead atoms. The maximum atomic E-state index is 12.8. The minimum Gasteiger partial charge on any atom is -0.494 e. The summed E-state index contributed by atoms with van der Waals surface area (Å²) in [6.45, 7) is 4.43. The van der Waals surface area contributed by atoms with E-state index in [1.165, 1.54) is 0 Å². The SMILES string of the molecule is CCOc1ccc(NC(=O)Nc2ccc(N3CCCC3)c(C(=O)NC3CC3)c2)cc1. The molecule has 3 N–H and O–H groups in total. The summed E-state index contributed by atoms with van der Waals surface area (Å²) in [6.07, 6.45) is 4.34. The maximum absolute atomic E-state index is 12.8. The number of amides is 3. The number of ether oxygens (including phenoxy) is 1. The highest BCUT2D eigenvalue weighted by molar-refractivity contribution is 6.04. The van der Waals surface area contributed by atoms with E-state index >= 15 is 0 Å². The van der Waals surface area contributed by atoms with Crippen LogP contribution in [0.25, 0.3) is 0 Å². The van der Waals surface area contributed by atoms with Gasteiger partial charge >= 0.3 is 6.03 Å². The summed E-state index contributed by atoms with van der Waals surface area (Å²) >= 11 is 0. The zero-order valence-electron chi connectivity index (χ0n) is 17.2. The zero-order chi connectivity index (χ0) is 20.9. The van der Waals surface area contributed by atoms with Gasteiger partial charge in [-0.15, -0.1) is 0 Å². The Morgan fingerprint density at radius 3 is 2.33 bits per heavy atom. The highest BCUT2D eigenvalue weighted by atomic mass is 16.5. The molecule has 2 aromatic rings. The molecule has 7 nitrogen and oxygen atoms in total. The Kier molecular flexibility index (Phi) is 6.07. The van der Waals surface area contributed by atoms with Gasteiger partial charge in [0.15, 0.2) is 0 Å². The molecule has 0 atom stereocenters. The number of nitrogens with zero attached hydrogens (tertiary/aromatic N) is 1. The molecule has 1 saturated heterocycles. The number of carbonyl (C=O) groups excluding carboxylic acids is 2. The van der Waals surface area contributed by atoms with Gasteiger partial charge in [0.05, 0.1) is 12.2 Å². The molecular weight excluding hydrogens is 380 g/mol. The fourth-order valence-corrected chi connectivity index (χ4v) is 3.61. The van der Waals surface area contributed by atoms with Crippen LogP contribution in [0.1, 0.15) is 43.0 Å². The highest BCUT2D eigenvalue weighted by Crippen LogP contribution is 2.29. The van der Waals surface area contributed by atoms with Gasteiger partial charge in [0.2, 0.25) is 0 Å². The second-order valence-electron chi connectivity index (χ2n) is 7.71. The number of nitrogens with one attached hydrogen (secondary N) is 3. The second-order valence-corrected chi connectivity index (χ2v) is 7.71. The molecule has 158 valence electrons. The van der Waals surface area contributed by atoms with Crippen molar-refractivity contribution in [2.24, 2.45) is 0 Å². The van der Waals surface area contributed by atoms with Crippen LogP contribution in [0.15, 0.2) is 42.5 Å². The summed E-state index contributed by atoms with van der Waals surface area (Å²) in [5.74, 6) is 0.683. The molecule has 1 aliphatic carbocycles. The van der Waals surface area contributed by atoms with Crippen LogP contribution >= 0.6 is 0 Å². The third-order valence-corrected chi connectivity index (χ3v) is 5.28. The molecule has 2 fully saturated rings. The molecule has 1 aliphatic heterocycles. The number of anilines is 3. The summed E-state index contributed by atoms with van der Waals surface area (Å²) in [5, 5.41) is 8.70. The molecule has 1 heterocycles. The molecule has 0 radical (unpaired) electrons. The molecule has 7 heteroatoms. The standard InChI is InChI=1S/C23H28N4O3/c1-2-30-19-10-7-17(8-11-19)25-23(29)26-18-9-12-21(27-13-3-4-14-27)20(15-18)22(28)24-16-5-6-16/h7-12,15-16H,2-6,13-14H2,1H3,(H,24,28)(H2,25,26,29). The molecule has 30 heavy (non-hydrogen) atoms. The molecule has 2 aliphatic rings. The third kappa shape index (κ3) is 5.03. The Labute approximate surface area is 176 Å². The Hall–Kier alpha value is -3.22. The van der Waals surface area contributed by atoms with Crippen LogP contribution in [0.2, 0.25) is 0 Å².